The van der Waals surface area contributed by atoms with Crippen molar-refractivity contribution >= 4 is 32.7 Å². The minimum Gasteiger partial charge on any atom is -0.477 e. The molecule has 4 nitrogen and oxygen atoms in total. The highest BCUT2D eigenvalue weighted by Crippen LogP contribution is 2.33. The maximum Gasteiger partial charge on any atom is 0.353 e. The van der Waals surface area contributed by atoms with E-state index in [2.05, 4.69) is 15.9 Å². The summed E-state index contributed by atoms with van der Waals surface area (Å²) in [4.78, 5) is 25.7. The first-order chi connectivity index (χ1) is 14.0. The van der Waals surface area contributed by atoms with Crippen molar-refractivity contribution in [1.82, 2.24) is 4.57 Å². The molecule has 0 amide bonds. The zero-order valence-corrected chi connectivity index (χ0v) is 17.3. The Morgan fingerprint density at radius 1 is 0.966 bits per heavy atom. The first-order valence-corrected chi connectivity index (χ1v) is 9.96. The number of nitrogens with zero attached hydrogens (tertiary/aromatic N) is 1. The molecule has 0 bridgehead atoms. The molecule has 144 valence electrons. The lowest BCUT2D eigenvalue weighted by Crippen LogP contribution is -2.28. The van der Waals surface area contributed by atoms with Crippen LogP contribution in [0.25, 0.3) is 21.9 Å². The molecule has 1 N–H and O–H groups in total. The molecular formula is C24H18BrNO3. The molecule has 0 atom stereocenters. The van der Waals surface area contributed by atoms with Crippen LogP contribution in [0.5, 0.6) is 0 Å². The van der Waals surface area contributed by atoms with Gasteiger partial charge < -0.3 is 5.11 Å². The summed E-state index contributed by atoms with van der Waals surface area (Å²) in [5, 5.41) is 11.2. The predicted molar refractivity (Wildman–Crippen MR) is 119 cm³/mol. The van der Waals surface area contributed by atoms with Gasteiger partial charge in [-0.3, -0.25) is 9.36 Å². The third-order valence-electron chi connectivity index (χ3n) is 5.09. The lowest BCUT2D eigenvalue weighted by Gasteiger charge is -2.18. The molecule has 0 fully saturated rings. The van der Waals surface area contributed by atoms with Crippen LogP contribution in [0.2, 0.25) is 0 Å². The van der Waals surface area contributed by atoms with Gasteiger partial charge in [-0.1, -0.05) is 70.5 Å². The van der Waals surface area contributed by atoms with Gasteiger partial charge >= 0.3 is 5.97 Å². The van der Waals surface area contributed by atoms with Crippen molar-refractivity contribution in [2.75, 3.05) is 0 Å². The summed E-state index contributed by atoms with van der Waals surface area (Å²) < 4.78 is 2.16. The molecular weight excluding hydrogens is 430 g/mol. The third kappa shape index (κ3) is 3.49. The molecule has 29 heavy (non-hydrogen) atoms. The summed E-state index contributed by atoms with van der Waals surface area (Å²) in [5.74, 6) is -1.13. The summed E-state index contributed by atoms with van der Waals surface area (Å²) in [6, 6.07) is 22.4. The summed E-state index contributed by atoms with van der Waals surface area (Å²) >= 11 is 3.45. The zero-order chi connectivity index (χ0) is 20.5. The Balaban J connectivity index is 2.14. The van der Waals surface area contributed by atoms with Crippen molar-refractivity contribution in [1.29, 1.82) is 0 Å². The Morgan fingerprint density at radius 2 is 1.66 bits per heavy atom. The average Bonchev–Trinajstić information content (AvgIpc) is 2.71. The third-order valence-corrected chi connectivity index (χ3v) is 5.58. The van der Waals surface area contributed by atoms with Crippen LogP contribution in [-0.2, 0) is 6.54 Å². The van der Waals surface area contributed by atoms with E-state index in [0.717, 1.165) is 21.2 Å². The Bertz CT molecular complexity index is 1290. The highest BCUT2D eigenvalue weighted by Gasteiger charge is 2.23. The van der Waals surface area contributed by atoms with Crippen molar-refractivity contribution < 1.29 is 9.90 Å². The Kier molecular flexibility index (Phi) is 5.07. The number of hydrogen-bond donors (Lipinski definition) is 1. The number of aromatic carboxylic acids is 1. The molecule has 0 spiro atoms. The van der Waals surface area contributed by atoms with E-state index in [1.165, 1.54) is 4.57 Å². The molecule has 0 saturated carbocycles. The van der Waals surface area contributed by atoms with Crippen LogP contribution in [0.3, 0.4) is 0 Å². The Morgan fingerprint density at radius 3 is 2.34 bits per heavy atom. The number of fused-ring (bicyclic) bond motifs is 1. The Hall–Kier alpha value is -3.18. The van der Waals surface area contributed by atoms with E-state index in [9.17, 15) is 14.7 Å². The summed E-state index contributed by atoms with van der Waals surface area (Å²) in [6.45, 7) is 2.15. The minimum atomic E-state index is -1.13. The molecule has 1 heterocycles. The van der Waals surface area contributed by atoms with Gasteiger partial charge in [0, 0.05) is 15.4 Å². The predicted octanol–water partition coefficient (Wildman–Crippen LogP) is 5.49. The molecule has 0 aliphatic rings. The lowest BCUT2D eigenvalue weighted by atomic mass is 9.96. The van der Waals surface area contributed by atoms with E-state index in [0.29, 0.717) is 16.3 Å². The average molecular weight is 448 g/mol. The molecule has 4 aromatic rings. The van der Waals surface area contributed by atoms with Crippen molar-refractivity contribution in [3.05, 3.63) is 104 Å². The summed E-state index contributed by atoms with van der Waals surface area (Å²) in [7, 11) is 0. The lowest BCUT2D eigenvalue weighted by molar-refractivity contribution is 0.0685. The van der Waals surface area contributed by atoms with Crippen LogP contribution in [0.1, 0.15) is 21.6 Å². The maximum atomic E-state index is 13.3. The number of halogens is 1. The zero-order valence-electron chi connectivity index (χ0n) is 15.7. The molecule has 0 unspecified atom stereocenters. The number of hydrogen-bond acceptors (Lipinski definition) is 2. The van der Waals surface area contributed by atoms with Crippen LogP contribution < -0.4 is 5.56 Å². The number of benzene rings is 3. The van der Waals surface area contributed by atoms with Gasteiger partial charge in [0.15, 0.2) is 0 Å². The molecule has 1 aromatic heterocycles. The fraction of sp³-hybridized carbons (Fsp3) is 0.0833. The van der Waals surface area contributed by atoms with Gasteiger partial charge in [0.1, 0.15) is 5.69 Å². The first kappa shape index (κ1) is 19.2. The van der Waals surface area contributed by atoms with E-state index < -0.39 is 5.97 Å². The van der Waals surface area contributed by atoms with Crippen LogP contribution in [-0.4, -0.2) is 15.6 Å². The number of aryl methyl sites for hydroxylation is 1. The number of carbonyl (C=O) groups is 1. The van der Waals surface area contributed by atoms with Crippen molar-refractivity contribution in [3.8, 4) is 11.1 Å². The van der Waals surface area contributed by atoms with Gasteiger partial charge in [-0.05, 0) is 47.2 Å². The fourth-order valence-electron chi connectivity index (χ4n) is 3.65. The monoisotopic (exact) mass is 447 g/mol. The highest BCUT2D eigenvalue weighted by atomic mass is 79.9. The van der Waals surface area contributed by atoms with E-state index >= 15 is 0 Å². The van der Waals surface area contributed by atoms with E-state index in [1.54, 1.807) is 12.1 Å². The van der Waals surface area contributed by atoms with Crippen LogP contribution in [0.4, 0.5) is 0 Å². The van der Waals surface area contributed by atoms with Gasteiger partial charge in [0.25, 0.3) is 5.56 Å². The van der Waals surface area contributed by atoms with Crippen LogP contribution in [0.15, 0.2) is 82.1 Å². The van der Waals surface area contributed by atoms with Crippen molar-refractivity contribution in [3.63, 3.8) is 0 Å². The topological polar surface area (TPSA) is 59.3 Å². The smallest absolute Gasteiger partial charge is 0.353 e. The number of carboxylic acid groups (broad SMARTS) is 1. The number of aromatic nitrogens is 1. The first-order valence-electron chi connectivity index (χ1n) is 9.16. The molecule has 4 rings (SSSR count). The van der Waals surface area contributed by atoms with Gasteiger partial charge in [-0.15, -0.1) is 0 Å². The van der Waals surface area contributed by atoms with Gasteiger partial charge in [-0.2, -0.15) is 0 Å². The van der Waals surface area contributed by atoms with Gasteiger partial charge in [0.2, 0.25) is 0 Å². The standard InChI is InChI=1S/C24H18BrNO3/c1-15-7-5-6-10-17(15)14-26-22(24(28)29)21(16-8-3-2-4-9-16)20-13-18(25)11-12-19(20)23(26)27/h2-13H,14H2,1H3,(H,28,29). The SMILES string of the molecule is Cc1ccccc1Cn1c(C(=O)O)c(-c2ccccc2)c2cc(Br)ccc2c1=O. The van der Waals surface area contributed by atoms with Crippen molar-refractivity contribution in [2.45, 2.75) is 13.5 Å². The second-order valence-corrected chi connectivity index (χ2v) is 7.82. The van der Waals surface area contributed by atoms with E-state index in [-0.39, 0.29) is 17.8 Å². The minimum absolute atomic E-state index is 0.00458. The summed E-state index contributed by atoms with van der Waals surface area (Å²) in [5.41, 5.74) is 2.90. The Labute approximate surface area is 176 Å². The van der Waals surface area contributed by atoms with E-state index in [1.807, 2.05) is 67.6 Å². The van der Waals surface area contributed by atoms with E-state index in [4.69, 9.17) is 0 Å². The number of rotatable bonds is 4. The second-order valence-electron chi connectivity index (χ2n) is 6.90. The molecule has 0 radical (unpaired) electrons. The molecule has 3 aromatic carbocycles. The highest BCUT2D eigenvalue weighted by molar-refractivity contribution is 9.10. The quantitative estimate of drug-likeness (QED) is 0.450. The molecule has 0 saturated heterocycles. The van der Waals surface area contributed by atoms with Gasteiger partial charge in [0.05, 0.1) is 6.54 Å². The molecule has 0 aliphatic heterocycles. The molecule has 0 aliphatic carbocycles. The van der Waals surface area contributed by atoms with Crippen LogP contribution in [0, 0.1) is 6.92 Å². The second kappa shape index (κ2) is 7.68. The van der Waals surface area contributed by atoms with Crippen LogP contribution >= 0.6 is 15.9 Å². The van der Waals surface area contributed by atoms with Crippen molar-refractivity contribution in [2.24, 2.45) is 0 Å². The molecule has 5 heteroatoms. The normalized spacial score (nSPS) is 11.0. The fourth-order valence-corrected chi connectivity index (χ4v) is 4.01. The number of pyridine rings is 1. The summed E-state index contributed by atoms with van der Waals surface area (Å²) in [6.07, 6.45) is 0. The maximum absolute atomic E-state index is 13.3. The van der Waals surface area contributed by atoms with Gasteiger partial charge in [-0.25, -0.2) is 4.79 Å². The number of carboxylic acids is 1. The largest absolute Gasteiger partial charge is 0.477 e.